The van der Waals surface area contributed by atoms with Crippen LogP contribution in [0.4, 0.5) is 0 Å². The summed E-state index contributed by atoms with van der Waals surface area (Å²) < 4.78 is 8.74. The van der Waals surface area contributed by atoms with Crippen molar-refractivity contribution in [2.75, 3.05) is 6.61 Å². The first-order valence-corrected chi connectivity index (χ1v) is 12.4. The number of nitrogens with zero attached hydrogens (tertiary/aromatic N) is 2. The smallest absolute Gasteiger partial charge is 0.266 e. The Hall–Kier alpha value is -3.35. The van der Waals surface area contributed by atoms with Crippen molar-refractivity contribution < 1.29 is 9.53 Å². The van der Waals surface area contributed by atoms with E-state index in [1.165, 1.54) is 17.3 Å². The fourth-order valence-corrected chi connectivity index (χ4v) is 5.33. The summed E-state index contributed by atoms with van der Waals surface area (Å²) in [5.41, 5.74) is 4.36. The molecule has 0 radical (unpaired) electrons. The molecule has 1 saturated heterocycles. The van der Waals surface area contributed by atoms with Gasteiger partial charge in [-0.1, -0.05) is 84.6 Å². The lowest BCUT2D eigenvalue weighted by molar-refractivity contribution is -0.122. The second-order valence-electron chi connectivity index (χ2n) is 8.21. The number of thioether (sulfide) groups is 1. The number of hydrogen-bond donors (Lipinski definition) is 0. The van der Waals surface area contributed by atoms with Crippen LogP contribution in [0.15, 0.2) is 90.0 Å². The predicted molar refractivity (Wildman–Crippen MR) is 144 cm³/mol. The van der Waals surface area contributed by atoms with E-state index >= 15 is 0 Å². The summed E-state index contributed by atoms with van der Waals surface area (Å²) >= 11 is 6.89. The third-order valence-corrected chi connectivity index (χ3v) is 7.13. The van der Waals surface area contributed by atoms with Crippen molar-refractivity contribution in [2.24, 2.45) is 0 Å². The molecule has 6 heteroatoms. The van der Waals surface area contributed by atoms with Crippen molar-refractivity contribution in [3.63, 3.8) is 0 Å². The average molecular weight is 485 g/mol. The van der Waals surface area contributed by atoms with E-state index in [2.05, 4.69) is 35.9 Å². The maximum Gasteiger partial charge on any atom is 0.266 e. The molecule has 4 aromatic rings. The number of fused-ring (bicyclic) bond motifs is 1. The number of benzene rings is 3. The SMILES string of the molecule is Cc1cccc(OCCn2cc(C=C3SC(=S)N(Cc4ccccc4)C3=O)c3ccccc32)c1. The Balaban J connectivity index is 1.36. The highest BCUT2D eigenvalue weighted by molar-refractivity contribution is 8.26. The van der Waals surface area contributed by atoms with Gasteiger partial charge in [0.05, 0.1) is 18.0 Å². The van der Waals surface area contributed by atoms with E-state index in [1.54, 1.807) is 4.90 Å². The third-order valence-electron chi connectivity index (χ3n) is 5.75. The van der Waals surface area contributed by atoms with Crippen LogP contribution in [-0.4, -0.2) is 26.3 Å². The molecule has 2 heterocycles. The number of hydrogen-bond acceptors (Lipinski definition) is 4. The quantitative estimate of drug-likeness (QED) is 0.224. The maximum atomic E-state index is 13.1. The average Bonchev–Trinajstić information content (AvgIpc) is 3.32. The highest BCUT2D eigenvalue weighted by Gasteiger charge is 2.32. The van der Waals surface area contributed by atoms with Crippen LogP contribution in [0.2, 0.25) is 0 Å². The summed E-state index contributed by atoms with van der Waals surface area (Å²) in [7, 11) is 0. The van der Waals surface area contributed by atoms with Gasteiger partial charge in [0, 0.05) is 22.7 Å². The number of rotatable bonds is 7. The highest BCUT2D eigenvalue weighted by atomic mass is 32.2. The zero-order chi connectivity index (χ0) is 23.5. The maximum absolute atomic E-state index is 13.1. The van der Waals surface area contributed by atoms with Crippen LogP contribution >= 0.6 is 24.0 Å². The van der Waals surface area contributed by atoms with Crippen molar-refractivity contribution in [3.05, 3.63) is 107 Å². The van der Waals surface area contributed by atoms with Crippen LogP contribution in [0.5, 0.6) is 5.75 Å². The number of thiocarbonyl (C=S) groups is 1. The van der Waals surface area contributed by atoms with Crippen molar-refractivity contribution in [2.45, 2.75) is 20.0 Å². The second-order valence-corrected chi connectivity index (χ2v) is 9.89. The van der Waals surface area contributed by atoms with E-state index in [-0.39, 0.29) is 5.91 Å². The van der Waals surface area contributed by atoms with Gasteiger partial charge in [0.1, 0.15) is 16.7 Å². The molecule has 0 saturated carbocycles. The van der Waals surface area contributed by atoms with Crippen LogP contribution in [0, 0.1) is 6.92 Å². The molecule has 0 bridgehead atoms. The largest absolute Gasteiger partial charge is 0.492 e. The Labute approximate surface area is 208 Å². The van der Waals surface area contributed by atoms with Crippen LogP contribution in [0.1, 0.15) is 16.7 Å². The molecule has 0 aliphatic carbocycles. The van der Waals surface area contributed by atoms with E-state index in [0.717, 1.165) is 27.8 Å². The van der Waals surface area contributed by atoms with Gasteiger partial charge in [-0.25, -0.2) is 0 Å². The van der Waals surface area contributed by atoms with Crippen LogP contribution in [-0.2, 0) is 17.9 Å². The Kier molecular flexibility index (Phi) is 6.52. The summed E-state index contributed by atoms with van der Waals surface area (Å²) in [5.74, 6) is 0.831. The fraction of sp³-hybridized carbons (Fsp3) is 0.143. The minimum Gasteiger partial charge on any atom is -0.492 e. The first kappa shape index (κ1) is 22.4. The summed E-state index contributed by atoms with van der Waals surface area (Å²) in [4.78, 5) is 15.5. The van der Waals surface area contributed by atoms with Gasteiger partial charge in [0.25, 0.3) is 5.91 Å². The number of aryl methyl sites for hydroxylation is 1. The summed E-state index contributed by atoms with van der Waals surface area (Å²) in [6, 6.07) is 26.2. The number of amides is 1. The van der Waals surface area contributed by atoms with E-state index in [1.807, 2.05) is 66.7 Å². The van der Waals surface area contributed by atoms with E-state index in [9.17, 15) is 4.79 Å². The van der Waals surface area contributed by atoms with Gasteiger partial charge in [0.15, 0.2) is 0 Å². The molecule has 1 fully saturated rings. The molecule has 1 aliphatic rings. The monoisotopic (exact) mass is 484 g/mol. The van der Waals surface area contributed by atoms with Crippen LogP contribution < -0.4 is 4.74 Å². The molecule has 5 rings (SSSR count). The van der Waals surface area contributed by atoms with E-state index in [4.69, 9.17) is 17.0 Å². The molecular weight excluding hydrogens is 460 g/mol. The van der Waals surface area contributed by atoms with Crippen molar-refractivity contribution in [1.29, 1.82) is 0 Å². The molecule has 1 aromatic heterocycles. The summed E-state index contributed by atoms with van der Waals surface area (Å²) in [5, 5.41) is 1.10. The zero-order valence-electron chi connectivity index (χ0n) is 18.8. The number of ether oxygens (including phenoxy) is 1. The molecule has 0 spiro atoms. The highest BCUT2D eigenvalue weighted by Crippen LogP contribution is 2.35. The normalized spacial score (nSPS) is 15.0. The van der Waals surface area contributed by atoms with Gasteiger partial charge in [-0.05, 0) is 42.3 Å². The molecule has 1 aliphatic heterocycles. The van der Waals surface area contributed by atoms with Gasteiger partial charge >= 0.3 is 0 Å². The van der Waals surface area contributed by atoms with Crippen molar-refractivity contribution in [1.82, 2.24) is 9.47 Å². The molecule has 0 unspecified atom stereocenters. The number of carbonyl (C=O) groups is 1. The standard InChI is InChI=1S/C28H24N2O2S2/c1-20-8-7-11-23(16-20)32-15-14-29-19-22(24-12-5-6-13-25(24)29)17-26-27(31)30(28(33)34-26)18-21-9-3-2-4-10-21/h2-13,16-17,19H,14-15,18H2,1H3. The number of para-hydroxylation sites is 1. The molecular formula is C28H24N2O2S2. The fourth-order valence-electron chi connectivity index (χ4n) is 4.09. The molecule has 3 aromatic carbocycles. The molecule has 170 valence electrons. The molecule has 34 heavy (non-hydrogen) atoms. The lowest BCUT2D eigenvalue weighted by atomic mass is 10.1. The Morgan fingerprint density at radius 3 is 2.62 bits per heavy atom. The van der Waals surface area contributed by atoms with Gasteiger partial charge in [-0.15, -0.1) is 0 Å². The third kappa shape index (κ3) is 4.79. The summed E-state index contributed by atoms with van der Waals surface area (Å²) in [6.45, 7) is 3.81. The lowest BCUT2D eigenvalue weighted by Crippen LogP contribution is -2.27. The number of aromatic nitrogens is 1. The van der Waals surface area contributed by atoms with E-state index in [0.29, 0.717) is 28.9 Å². The first-order valence-electron chi connectivity index (χ1n) is 11.1. The van der Waals surface area contributed by atoms with Gasteiger partial charge in [0.2, 0.25) is 0 Å². The van der Waals surface area contributed by atoms with Gasteiger partial charge in [-0.3, -0.25) is 9.69 Å². The van der Waals surface area contributed by atoms with Crippen molar-refractivity contribution >= 4 is 51.2 Å². The van der Waals surface area contributed by atoms with Gasteiger partial charge < -0.3 is 9.30 Å². The number of carbonyl (C=O) groups excluding carboxylic acids is 1. The van der Waals surface area contributed by atoms with Crippen LogP contribution in [0.25, 0.3) is 17.0 Å². The minimum absolute atomic E-state index is 0.0431. The molecule has 4 nitrogen and oxygen atoms in total. The Bertz CT molecular complexity index is 1390. The summed E-state index contributed by atoms with van der Waals surface area (Å²) in [6.07, 6.45) is 4.05. The second kappa shape index (κ2) is 9.87. The minimum atomic E-state index is -0.0431. The Morgan fingerprint density at radius 1 is 1.00 bits per heavy atom. The topological polar surface area (TPSA) is 34.5 Å². The van der Waals surface area contributed by atoms with E-state index < -0.39 is 0 Å². The zero-order valence-corrected chi connectivity index (χ0v) is 20.4. The lowest BCUT2D eigenvalue weighted by Gasteiger charge is -2.14. The van der Waals surface area contributed by atoms with Crippen LogP contribution in [0.3, 0.4) is 0 Å². The van der Waals surface area contributed by atoms with Gasteiger partial charge in [-0.2, -0.15) is 0 Å². The molecule has 0 N–H and O–H groups in total. The predicted octanol–water partition coefficient (Wildman–Crippen LogP) is 6.43. The molecule has 0 atom stereocenters. The van der Waals surface area contributed by atoms with Crippen molar-refractivity contribution in [3.8, 4) is 5.75 Å². The first-order chi connectivity index (χ1) is 16.6. The Morgan fingerprint density at radius 2 is 1.79 bits per heavy atom. The molecule has 1 amide bonds.